The smallest absolute Gasteiger partial charge is 0.208 e. The number of halogens is 4. The van der Waals surface area contributed by atoms with Gasteiger partial charge in [-0.05, 0) is 18.6 Å². The topological polar surface area (TPSA) is 38.7 Å². The molecule has 7 heteroatoms. The van der Waals surface area contributed by atoms with Crippen LogP contribution < -0.4 is 0 Å². The second-order valence-corrected chi connectivity index (χ2v) is 7.82. The Balaban J connectivity index is 0.000000695. The Morgan fingerprint density at radius 2 is 1.24 bits per heavy atom. The summed E-state index contributed by atoms with van der Waals surface area (Å²) in [5.41, 5.74) is 3.50. The van der Waals surface area contributed by atoms with Gasteiger partial charge in [0.25, 0.3) is 0 Å². The first-order chi connectivity index (χ1) is 17.7. The van der Waals surface area contributed by atoms with Crippen LogP contribution in [-0.2, 0) is 0 Å². The lowest BCUT2D eigenvalue weighted by atomic mass is 9.97. The minimum absolute atomic E-state index is 0.188. The molecule has 0 spiro atoms. The Morgan fingerprint density at radius 1 is 0.757 bits per heavy atom. The average Bonchev–Trinajstić information content (AvgIpc) is 2.89. The van der Waals surface area contributed by atoms with Crippen LogP contribution >= 0.6 is 0 Å². The van der Waals surface area contributed by atoms with Gasteiger partial charge in [-0.2, -0.15) is 13.2 Å². The van der Waals surface area contributed by atoms with E-state index in [0.717, 1.165) is 16.7 Å². The fourth-order valence-corrected chi connectivity index (χ4v) is 3.43. The molecule has 0 saturated carbocycles. The SMILES string of the molecule is C=C/C=C\C(=C/C)c1c(F)cccc1-c1nc(-c2ccccc2)nc(-c2ccccc2)n1.CC(F)(F)F. The van der Waals surface area contributed by atoms with E-state index in [1.165, 1.54) is 6.07 Å². The van der Waals surface area contributed by atoms with Gasteiger partial charge in [-0.25, -0.2) is 19.3 Å². The molecule has 37 heavy (non-hydrogen) atoms. The third kappa shape index (κ3) is 7.80. The van der Waals surface area contributed by atoms with Crippen LogP contribution in [0.25, 0.3) is 39.7 Å². The van der Waals surface area contributed by atoms with Crippen molar-refractivity contribution in [3.63, 3.8) is 0 Å². The molecule has 0 saturated heterocycles. The molecule has 0 aliphatic heterocycles. The number of rotatable bonds is 6. The highest BCUT2D eigenvalue weighted by molar-refractivity contribution is 5.84. The zero-order valence-electron chi connectivity index (χ0n) is 20.4. The van der Waals surface area contributed by atoms with Crippen LogP contribution in [0.4, 0.5) is 17.6 Å². The van der Waals surface area contributed by atoms with Crippen LogP contribution in [0.15, 0.2) is 110 Å². The van der Waals surface area contributed by atoms with Crippen LogP contribution in [0.2, 0.25) is 0 Å². The van der Waals surface area contributed by atoms with Crippen molar-refractivity contribution < 1.29 is 17.6 Å². The molecule has 188 valence electrons. The minimum atomic E-state index is -4.00. The van der Waals surface area contributed by atoms with Gasteiger partial charge in [-0.3, -0.25) is 0 Å². The van der Waals surface area contributed by atoms with E-state index in [4.69, 9.17) is 15.0 Å². The lowest BCUT2D eigenvalue weighted by Crippen LogP contribution is -2.02. The van der Waals surface area contributed by atoms with Crippen molar-refractivity contribution >= 4 is 5.57 Å². The van der Waals surface area contributed by atoms with Gasteiger partial charge >= 0.3 is 6.18 Å². The second kappa shape index (κ2) is 12.5. The Bertz CT molecular complexity index is 1330. The summed E-state index contributed by atoms with van der Waals surface area (Å²) in [7, 11) is 0. The van der Waals surface area contributed by atoms with E-state index < -0.39 is 6.18 Å². The molecule has 3 nitrogen and oxygen atoms in total. The first-order valence-electron chi connectivity index (χ1n) is 11.4. The summed E-state index contributed by atoms with van der Waals surface area (Å²) in [6, 6.07) is 24.4. The molecule has 0 fully saturated rings. The lowest BCUT2D eigenvalue weighted by Gasteiger charge is -2.13. The van der Waals surface area contributed by atoms with Crippen molar-refractivity contribution in [1.29, 1.82) is 0 Å². The molecular formula is C30H25F4N3. The van der Waals surface area contributed by atoms with Crippen molar-refractivity contribution in [2.75, 3.05) is 0 Å². The first-order valence-corrected chi connectivity index (χ1v) is 11.4. The molecule has 1 heterocycles. The third-order valence-corrected chi connectivity index (χ3v) is 4.97. The lowest BCUT2D eigenvalue weighted by molar-refractivity contribution is -0.110. The quantitative estimate of drug-likeness (QED) is 0.195. The summed E-state index contributed by atoms with van der Waals surface area (Å²) in [6.45, 7) is 5.77. The predicted octanol–water partition coefficient (Wildman–Crippen LogP) is 8.73. The molecule has 4 aromatic rings. The molecule has 0 atom stereocenters. The number of hydrogen-bond donors (Lipinski definition) is 0. The van der Waals surface area contributed by atoms with E-state index in [-0.39, 0.29) is 12.7 Å². The van der Waals surface area contributed by atoms with Crippen molar-refractivity contribution in [1.82, 2.24) is 15.0 Å². The van der Waals surface area contributed by atoms with Gasteiger partial charge in [0.1, 0.15) is 5.82 Å². The molecule has 3 aromatic carbocycles. The van der Waals surface area contributed by atoms with Gasteiger partial charge in [0.15, 0.2) is 17.5 Å². The zero-order chi connectivity index (χ0) is 26.8. The number of alkyl halides is 3. The van der Waals surface area contributed by atoms with Crippen LogP contribution in [0.5, 0.6) is 0 Å². The van der Waals surface area contributed by atoms with Gasteiger partial charge in [-0.1, -0.05) is 104 Å². The summed E-state index contributed by atoms with van der Waals surface area (Å²) in [6.07, 6.45) is 3.13. The summed E-state index contributed by atoms with van der Waals surface area (Å²) in [5.74, 6) is 1.15. The molecular weight excluding hydrogens is 478 g/mol. The highest BCUT2D eigenvalue weighted by atomic mass is 19.4. The maximum absolute atomic E-state index is 15.1. The fourth-order valence-electron chi connectivity index (χ4n) is 3.43. The molecule has 0 radical (unpaired) electrons. The van der Waals surface area contributed by atoms with Crippen molar-refractivity contribution in [3.8, 4) is 34.2 Å². The largest absolute Gasteiger partial charge is 0.386 e. The van der Waals surface area contributed by atoms with Gasteiger partial charge in [0.05, 0.1) is 0 Å². The molecule has 0 unspecified atom stereocenters. The maximum atomic E-state index is 15.1. The molecule has 0 aliphatic carbocycles. The summed E-state index contributed by atoms with van der Waals surface area (Å²) in [4.78, 5) is 14.2. The maximum Gasteiger partial charge on any atom is 0.386 e. The number of benzene rings is 3. The highest BCUT2D eigenvalue weighted by Gasteiger charge is 2.18. The molecule has 0 bridgehead atoms. The Kier molecular flexibility index (Phi) is 9.21. The Hall–Kier alpha value is -4.39. The molecule has 0 aliphatic rings. The van der Waals surface area contributed by atoms with E-state index in [0.29, 0.717) is 28.6 Å². The van der Waals surface area contributed by atoms with Crippen molar-refractivity contribution in [3.05, 3.63) is 121 Å². The van der Waals surface area contributed by atoms with Crippen LogP contribution in [-0.4, -0.2) is 21.1 Å². The zero-order valence-corrected chi connectivity index (χ0v) is 20.4. The third-order valence-electron chi connectivity index (χ3n) is 4.97. The van der Waals surface area contributed by atoms with Crippen molar-refractivity contribution in [2.24, 2.45) is 0 Å². The predicted molar refractivity (Wildman–Crippen MR) is 141 cm³/mol. The Morgan fingerprint density at radius 3 is 1.70 bits per heavy atom. The molecule has 0 N–H and O–H groups in total. The van der Waals surface area contributed by atoms with Gasteiger partial charge < -0.3 is 0 Å². The average molecular weight is 504 g/mol. The summed E-state index contributed by atoms with van der Waals surface area (Å²) in [5, 5.41) is 0. The fraction of sp³-hybridized carbons (Fsp3) is 0.100. The van der Waals surface area contributed by atoms with Gasteiger partial charge in [0, 0.05) is 29.2 Å². The molecule has 4 rings (SSSR count). The number of allylic oxidation sites excluding steroid dienone is 5. The standard InChI is InChI=1S/C28H22FN3.C2H3F3/c1-3-5-13-20(4-2)25-23(18-12-19-24(25)29)28-31-26(21-14-8-6-9-15-21)30-27(32-28)22-16-10-7-11-17-22;1-2(3,4)5/h3-19H,1H2,2H3;1H3/b13-5-,20-4+;. The van der Waals surface area contributed by atoms with Crippen LogP contribution in [0, 0.1) is 5.82 Å². The summed E-state index contributed by atoms with van der Waals surface area (Å²) < 4.78 is 46.1. The number of aromatic nitrogens is 3. The van der Waals surface area contributed by atoms with Crippen molar-refractivity contribution in [2.45, 2.75) is 20.0 Å². The van der Waals surface area contributed by atoms with E-state index in [1.54, 1.807) is 18.2 Å². The van der Waals surface area contributed by atoms with Gasteiger partial charge in [0.2, 0.25) is 0 Å². The van der Waals surface area contributed by atoms with Gasteiger partial charge in [-0.15, -0.1) is 0 Å². The van der Waals surface area contributed by atoms with E-state index in [2.05, 4.69) is 6.58 Å². The minimum Gasteiger partial charge on any atom is -0.208 e. The van der Waals surface area contributed by atoms with Crippen LogP contribution in [0.3, 0.4) is 0 Å². The monoisotopic (exact) mass is 503 g/mol. The van der Waals surface area contributed by atoms with E-state index in [1.807, 2.05) is 85.8 Å². The van der Waals surface area contributed by atoms with E-state index >= 15 is 4.39 Å². The molecule has 0 amide bonds. The summed E-state index contributed by atoms with van der Waals surface area (Å²) >= 11 is 0. The van der Waals surface area contributed by atoms with E-state index in [9.17, 15) is 13.2 Å². The first kappa shape index (κ1) is 27.2. The second-order valence-electron chi connectivity index (χ2n) is 7.82. The van der Waals surface area contributed by atoms with Crippen LogP contribution in [0.1, 0.15) is 19.4 Å². The number of hydrogen-bond acceptors (Lipinski definition) is 3. The number of nitrogens with zero attached hydrogens (tertiary/aromatic N) is 3. The highest BCUT2D eigenvalue weighted by Crippen LogP contribution is 2.32. The molecule has 1 aromatic heterocycles. The Labute approximate surface area is 213 Å². The normalized spacial score (nSPS) is 11.7.